The molecule has 0 aliphatic heterocycles. The number of hydrogen-bond acceptors (Lipinski definition) is 2. The van der Waals surface area contributed by atoms with Crippen LogP contribution in [0.1, 0.15) is 32.6 Å². The van der Waals surface area contributed by atoms with Gasteiger partial charge in [-0.1, -0.05) is 42.5 Å². The first kappa shape index (κ1) is 18.0. The molecule has 4 rings (SSSR count). The zero-order valence-electron chi connectivity index (χ0n) is 16.1. The Morgan fingerprint density at radius 2 is 1.75 bits per heavy atom. The molecule has 0 unspecified atom stereocenters. The molecule has 3 aromatic carbocycles. The van der Waals surface area contributed by atoms with Crippen molar-refractivity contribution in [3.05, 3.63) is 101 Å². The highest BCUT2D eigenvalue weighted by atomic mass is 16.1. The van der Waals surface area contributed by atoms with Gasteiger partial charge in [0, 0.05) is 18.7 Å². The van der Waals surface area contributed by atoms with Crippen molar-refractivity contribution in [2.24, 2.45) is 0 Å². The highest BCUT2D eigenvalue weighted by Crippen LogP contribution is 2.15. The van der Waals surface area contributed by atoms with Crippen LogP contribution in [0, 0.1) is 13.8 Å². The van der Waals surface area contributed by atoms with Gasteiger partial charge < -0.3 is 9.88 Å². The van der Waals surface area contributed by atoms with Gasteiger partial charge in [-0.25, -0.2) is 4.98 Å². The minimum absolute atomic E-state index is 0.0471. The number of nitrogens with one attached hydrogen (secondary N) is 1. The Balaban J connectivity index is 1.45. The number of nitrogens with zero attached hydrogens (tertiary/aromatic N) is 2. The lowest BCUT2D eigenvalue weighted by Crippen LogP contribution is -2.23. The first-order valence-corrected chi connectivity index (χ1v) is 9.43. The summed E-state index contributed by atoms with van der Waals surface area (Å²) in [6.45, 7) is 5.32. The van der Waals surface area contributed by atoms with E-state index >= 15 is 0 Å². The second-order valence-corrected chi connectivity index (χ2v) is 7.16. The van der Waals surface area contributed by atoms with Crippen molar-refractivity contribution in [1.29, 1.82) is 0 Å². The third kappa shape index (κ3) is 3.81. The van der Waals surface area contributed by atoms with Gasteiger partial charge in [0.15, 0.2) is 0 Å². The predicted molar refractivity (Wildman–Crippen MR) is 112 cm³/mol. The van der Waals surface area contributed by atoms with Crippen LogP contribution < -0.4 is 5.32 Å². The van der Waals surface area contributed by atoms with Gasteiger partial charge in [0.05, 0.1) is 17.4 Å². The van der Waals surface area contributed by atoms with Gasteiger partial charge in [-0.15, -0.1) is 0 Å². The van der Waals surface area contributed by atoms with Gasteiger partial charge in [0.1, 0.15) is 0 Å². The molecule has 4 heteroatoms. The van der Waals surface area contributed by atoms with Crippen LogP contribution in [0.5, 0.6) is 0 Å². The van der Waals surface area contributed by atoms with Gasteiger partial charge in [-0.3, -0.25) is 4.79 Å². The normalized spacial score (nSPS) is 10.9. The van der Waals surface area contributed by atoms with Crippen molar-refractivity contribution in [1.82, 2.24) is 14.9 Å². The van der Waals surface area contributed by atoms with Gasteiger partial charge in [-0.05, 0) is 60.4 Å². The molecule has 0 aliphatic rings. The first-order chi connectivity index (χ1) is 13.6. The van der Waals surface area contributed by atoms with Crippen molar-refractivity contribution in [2.45, 2.75) is 26.9 Å². The fraction of sp³-hybridized carbons (Fsp3) is 0.167. The van der Waals surface area contributed by atoms with E-state index in [1.165, 1.54) is 11.1 Å². The van der Waals surface area contributed by atoms with Crippen molar-refractivity contribution < 1.29 is 4.79 Å². The van der Waals surface area contributed by atoms with Crippen LogP contribution >= 0.6 is 0 Å². The maximum absolute atomic E-state index is 12.4. The fourth-order valence-corrected chi connectivity index (χ4v) is 3.34. The van der Waals surface area contributed by atoms with Crippen molar-refractivity contribution in [3.8, 4) is 0 Å². The minimum atomic E-state index is -0.0471. The van der Waals surface area contributed by atoms with E-state index < -0.39 is 0 Å². The van der Waals surface area contributed by atoms with E-state index in [1.807, 2.05) is 68.7 Å². The molecule has 4 aromatic rings. The van der Waals surface area contributed by atoms with Gasteiger partial charge in [0.2, 0.25) is 0 Å². The average molecular weight is 369 g/mol. The summed E-state index contributed by atoms with van der Waals surface area (Å²) in [5, 5.41) is 3.02. The first-order valence-electron chi connectivity index (χ1n) is 9.43. The highest BCUT2D eigenvalue weighted by molar-refractivity contribution is 5.94. The molecule has 1 N–H and O–H groups in total. The van der Waals surface area contributed by atoms with Crippen molar-refractivity contribution in [3.63, 3.8) is 0 Å². The Bertz CT molecular complexity index is 1140. The Hall–Kier alpha value is -3.40. The molecule has 4 nitrogen and oxygen atoms in total. The predicted octanol–water partition coefficient (Wildman–Crippen LogP) is 4.63. The number of benzene rings is 3. The number of carbonyl (C=O) groups excluding carboxylic acids is 1. The topological polar surface area (TPSA) is 46.9 Å². The number of aromatic nitrogens is 2. The Kier molecular flexibility index (Phi) is 4.94. The largest absolute Gasteiger partial charge is 0.348 e. The Morgan fingerprint density at radius 1 is 0.929 bits per heavy atom. The van der Waals surface area contributed by atoms with Crippen LogP contribution in [-0.2, 0) is 13.1 Å². The highest BCUT2D eigenvalue weighted by Gasteiger charge is 2.07. The zero-order chi connectivity index (χ0) is 19.5. The van der Waals surface area contributed by atoms with Crippen LogP contribution in [0.4, 0.5) is 0 Å². The fourth-order valence-electron chi connectivity index (χ4n) is 3.34. The average Bonchev–Trinajstić information content (AvgIpc) is 3.11. The quantitative estimate of drug-likeness (QED) is 0.557. The van der Waals surface area contributed by atoms with E-state index in [1.54, 1.807) is 0 Å². The standard InChI is InChI=1S/C24H23N3O/c1-17-10-11-21(12-18(17)2)24(28)25-14-19-6-5-7-20(13-19)15-27-16-26-22-8-3-4-9-23(22)27/h3-13,16H,14-15H2,1-2H3,(H,25,28). The molecule has 0 atom stereocenters. The van der Waals surface area contributed by atoms with E-state index in [9.17, 15) is 4.79 Å². The zero-order valence-corrected chi connectivity index (χ0v) is 16.1. The molecule has 0 saturated carbocycles. The van der Waals surface area contributed by atoms with Crippen molar-refractivity contribution in [2.75, 3.05) is 0 Å². The number of fused-ring (bicyclic) bond motifs is 1. The summed E-state index contributed by atoms with van der Waals surface area (Å²) in [6.07, 6.45) is 1.87. The van der Waals surface area contributed by atoms with E-state index in [4.69, 9.17) is 0 Å². The van der Waals surface area contributed by atoms with Crippen LogP contribution in [0.25, 0.3) is 11.0 Å². The molecule has 0 radical (unpaired) electrons. The maximum Gasteiger partial charge on any atom is 0.251 e. The molecule has 1 amide bonds. The Labute approximate surface area is 164 Å². The number of para-hydroxylation sites is 2. The van der Waals surface area contributed by atoms with Gasteiger partial charge >= 0.3 is 0 Å². The van der Waals surface area contributed by atoms with Crippen LogP contribution in [0.15, 0.2) is 73.1 Å². The molecule has 28 heavy (non-hydrogen) atoms. The van der Waals surface area contributed by atoms with E-state index in [0.29, 0.717) is 12.1 Å². The number of imidazole rings is 1. The SMILES string of the molecule is Cc1ccc(C(=O)NCc2cccc(Cn3cnc4ccccc43)c2)cc1C. The van der Waals surface area contributed by atoms with Gasteiger partial charge in [0.25, 0.3) is 5.91 Å². The summed E-state index contributed by atoms with van der Waals surface area (Å²) in [4.78, 5) is 16.9. The lowest BCUT2D eigenvalue weighted by Gasteiger charge is -2.10. The van der Waals surface area contributed by atoms with E-state index in [-0.39, 0.29) is 5.91 Å². The van der Waals surface area contributed by atoms with Gasteiger partial charge in [-0.2, -0.15) is 0 Å². The van der Waals surface area contributed by atoms with Crippen LogP contribution in [0.3, 0.4) is 0 Å². The van der Waals surface area contributed by atoms with Crippen LogP contribution in [-0.4, -0.2) is 15.5 Å². The number of carbonyl (C=O) groups is 1. The summed E-state index contributed by atoms with van der Waals surface area (Å²) in [5.74, 6) is -0.0471. The van der Waals surface area contributed by atoms with Crippen LogP contribution in [0.2, 0.25) is 0 Å². The third-order valence-electron chi connectivity index (χ3n) is 5.09. The number of aryl methyl sites for hydroxylation is 2. The molecule has 0 aliphatic carbocycles. The number of hydrogen-bond donors (Lipinski definition) is 1. The second kappa shape index (κ2) is 7.69. The summed E-state index contributed by atoms with van der Waals surface area (Å²) in [5.41, 5.74) is 7.40. The molecular formula is C24H23N3O. The van der Waals surface area contributed by atoms with E-state index in [0.717, 1.165) is 28.7 Å². The molecule has 0 fully saturated rings. The molecular weight excluding hydrogens is 346 g/mol. The molecule has 1 heterocycles. The minimum Gasteiger partial charge on any atom is -0.348 e. The second-order valence-electron chi connectivity index (χ2n) is 7.16. The maximum atomic E-state index is 12.4. The molecule has 0 spiro atoms. The number of rotatable bonds is 5. The number of amides is 1. The monoisotopic (exact) mass is 369 g/mol. The summed E-state index contributed by atoms with van der Waals surface area (Å²) >= 11 is 0. The third-order valence-corrected chi connectivity index (χ3v) is 5.09. The van der Waals surface area contributed by atoms with Crippen molar-refractivity contribution >= 4 is 16.9 Å². The summed E-state index contributed by atoms with van der Waals surface area (Å²) in [7, 11) is 0. The molecule has 0 bridgehead atoms. The van der Waals surface area contributed by atoms with E-state index in [2.05, 4.69) is 33.1 Å². The summed E-state index contributed by atoms with van der Waals surface area (Å²) < 4.78 is 2.14. The lowest BCUT2D eigenvalue weighted by atomic mass is 10.1. The smallest absolute Gasteiger partial charge is 0.251 e. The summed E-state index contributed by atoms with van der Waals surface area (Å²) in [6, 6.07) is 22.2. The Morgan fingerprint density at radius 3 is 2.61 bits per heavy atom. The molecule has 0 saturated heterocycles. The molecule has 1 aromatic heterocycles. The lowest BCUT2D eigenvalue weighted by molar-refractivity contribution is 0.0951. The molecule has 140 valence electrons.